The monoisotopic (exact) mass is 342 g/mol. The number of amides is 1. The molecule has 130 valence electrons. The van der Waals surface area contributed by atoms with E-state index in [0.29, 0.717) is 12.1 Å². The third kappa shape index (κ3) is 6.42. The molecule has 0 spiro atoms. The van der Waals surface area contributed by atoms with Gasteiger partial charge in [-0.1, -0.05) is 30.3 Å². The van der Waals surface area contributed by atoms with Crippen molar-refractivity contribution in [2.24, 2.45) is 0 Å². The average Bonchev–Trinajstić information content (AvgIpc) is 2.61. The van der Waals surface area contributed by atoms with Crippen molar-refractivity contribution < 1.29 is 19.2 Å². The standard InChI is InChI=1S/C18H18N2O5/c21-17(19-15-6-8-16(9-7-15)20(23)24)10-11-18(22)25-13-12-14-4-2-1-3-5-14/h1-9H,10-13H2,(H,19,21). The largest absolute Gasteiger partial charge is 0.465 e. The van der Waals surface area contributed by atoms with E-state index < -0.39 is 10.9 Å². The van der Waals surface area contributed by atoms with E-state index in [1.54, 1.807) is 0 Å². The minimum absolute atomic E-state index is 0.0127. The second-order valence-electron chi connectivity index (χ2n) is 5.31. The van der Waals surface area contributed by atoms with Gasteiger partial charge in [0.1, 0.15) is 0 Å². The quantitative estimate of drug-likeness (QED) is 0.451. The van der Waals surface area contributed by atoms with Crippen LogP contribution in [0.15, 0.2) is 54.6 Å². The van der Waals surface area contributed by atoms with Crippen LogP contribution in [0.25, 0.3) is 0 Å². The van der Waals surface area contributed by atoms with Gasteiger partial charge in [-0.25, -0.2) is 0 Å². The van der Waals surface area contributed by atoms with Crippen molar-refractivity contribution in [1.29, 1.82) is 0 Å². The molecule has 2 aromatic rings. The maximum absolute atomic E-state index is 11.8. The van der Waals surface area contributed by atoms with Gasteiger partial charge in [-0.05, 0) is 17.7 Å². The van der Waals surface area contributed by atoms with E-state index in [9.17, 15) is 19.7 Å². The summed E-state index contributed by atoms with van der Waals surface area (Å²) in [6, 6.07) is 15.1. The van der Waals surface area contributed by atoms with Crippen LogP contribution in [0.2, 0.25) is 0 Å². The number of carbonyl (C=O) groups excluding carboxylic acids is 2. The molecule has 1 amide bonds. The molecular formula is C18H18N2O5. The summed E-state index contributed by atoms with van der Waals surface area (Å²) in [6.07, 6.45) is 0.594. The highest BCUT2D eigenvalue weighted by atomic mass is 16.6. The third-order valence-corrected chi connectivity index (χ3v) is 3.41. The van der Waals surface area contributed by atoms with E-state index in [-0.39, 0.29) is 31.0 Å². The molecular weight excluding hydrogens is 324 g/mol. The van der Waals surface area contributed by atoms with Crippen molar-refractivity contribution in [3.63, 3.8) is 0 Å². The molecule has 0 fully saturated rings. The Labute approximate surface area is 144 Å². The van der Waals surface area contributed by atoms with E-state index in [0.717, 1.165) is 5.56 Å². The predicted octanol–water partition coefficient (Wildman–Crippen LogP) is 3.10. The van der Waals surface area contributed by atoms with Gasteiger partial charge in [0.15, 0.2) is 0 Å². The van der Waals surface area contributed by atoms with Gasteiger partial charge in [0.2, 0.25) is 5.91 Å². The van der Waals surface area contributed by atoms with Crippen LogP contribution in [0.1, 0.15) is 18.4 Å². The number of nitro benzene ring substituents is 1. The number of nitrogens with one attached hydrogen (secondary N) is 1. The fraction of sp³-hybridized carbons (Fsp3) is 0.222. The van der Waals surface area contributed by atoms with Crippen molar-refractivity contribution >= 4 is 23.3 Å². The summed E-state index contributed by atoms with van der Waals surface area (Å²) in [7, 11) is 0. The number of benzene rings is 2. The summed E-state index contributed by atoms with van der Waals surface area (Å²) in [6.45, 7) is 0.271. The molecule has 2 rings (SSSR count). The topological polar surface area (TPSA) is 98.5 Å². The molecule has 1 N–H and O–H groups in total. The summed E-state index contributed by atoms with van der Waals surface area (Å²) >= 11 is 0. The van der Waals surface area contributed by atoms with Crippen LogP contribution < -0.4 is 5.32 Å². The van der Waals surface area contributed by atoms with Gasteiger partial charge < -0.3 is 10.1 Å². The highest BCUT2D eigenvalue weighted by Crippen LogP contribution is 2.15. The van der Waals surface area contributed by atoms with Gasteiger partial charge in [0.25, 0.3) is 5.69 Å². The van der Waals surface area contributed by atoms with Crippen molar-refractivity contribution in [2.45, 2.75) is 19.3 Å². The number of anilines is 1. The van der Waals surface area contributed by atoms with Crippen molar-refractivity contribution in [2.75, 3.05) is 11.9 Å². The first kappa shape index (κ1) is 18.1. The van der Waals surface area contributed by atoms with E-state index in [1.165, 1.54) is 24.3 Å². The Balaban J connectivity index is 1.66. The van der Waals surface area contributed by atoms with Crippen LogP contribution in [-0.2, 0) is 20.7 Å². The molecule has 0 saturated heterocycles. The second-order valence-corrected chi connectivity index (χ2v) is 5.31. The summed E-state index contributed by atoms with van der Waals surface area (Å²) in [4.78, 5) is 33.4. The SMILES string of the molecule is O=C(CCC(=O)OCCc1ccccc1)Nc1ccc([N+](=O)[O-])cc1. The molecule has 0 aliphatic heterocycles. The molecule has 0 bridgehead atoms. The first-order valence-electron chi connectivity index (χ1n) is 7.78. The Hall–Kier alpha value is -3.22. The fourth-order valence-corrected chi connectivity index (χ4v) is 2.11. The van der Waals surface area contributed by atoms with Gasteiger partial charge in [0, 0.05) is 30.7 Å². The Bertz CT molecular complexity index is 729. The molecule has 0 unspecified atom stereocenters. The predicted molar refractivity (Wildman–Crippen MR) is 92.1 cm³/mol. The second kappa shape index (κ2) is 9.17. The lowest BCUT2D eigenvalue weighted by atomic mass is 10.2. The van der Waals surface area contributed by atoms with Crippen LogP contribution >= 0.6 is 0 Å². The number of hydrogen-bond acceptors (Lipinski definition) is 5. The third-order valence-electron chi connectivity index (χ3n) is 3.41. The van der Waals surface area contributed by atoms with E-state index in [4.69, 9.17) is 4.74 Å². The molecule has 0 atom stereocenters. The minimum atomic E-state index is -0.517. The number of nitro groups is 1. The molecule has 0 radical (unpaired) electrons. The number of nitrogens with zero attached hydrogens (tertiary/aromatic N) is 1. The van der Waals surface area contributed by atoms with E-state index >= 15 is 0 Å². The van der Waals surface area contributed by atoms with Gasteiger partial charge >= 0.3 is 5.97 Å². The zero-order valence-corrected chi connectivity index (χ0v) is 13.5. The summed E-state index contributed by atoms with van der Waals surface area (Å²) in [5, 5.41) is 13.1. The summed E-state index contributed by atoms with van der Waals surface area (Å²) in [5.74, 6) is -0.788. The molecule has 25 heavy (non-hydrogen) atoms. The molecule has 0 saturated carbocycles. The summed E-state index contributed by atoms with van der Waals surface area (Å²) in [5.41, 5.74) is 1.46. The van der Waals surface area contributed by atoms with Crippen molar-refractivity contribution in [1.82, 2.24) is 0 Å². The van der Waals surface area contributed by atoms with E-state index in [1.807, 2.05) is 30.3 Å². The highest BCUT2D eigenvalue weighted by Gasteiger charge is 2.10. The molecule has 2 aromatic carbocycles. The van der Waals surface area contributed by atoms with Crippen LogP contribution in [0.4, 0.5) is 11.4 Å². The molecule has 7 nitrogen and oxygen atoms in total. The first-order chi connectivity index (χ1) is 12.0. The number of esters is 1. The van der Waals surface area contributed by atoms with Gasteiger partial charge in [-0.3, -0.25) is 19.7 Å². The lowest BCUT2D eigenvalue weighted by Crippen LogP contribution is -2.15. The Morgan fingerprint density at radius 3 is 2.32 bits per heavy atom. The molecule has 7 heteroatoms. The number of hydrogen-bond donors (Lipinski definition) is 1. The van der Waals surface area contributed by atoms with Crippen molar-refractivity contribution in [3.05, 3.63) is 70.3 Å². The van der Waals surface area contributed by atoms with Crippen LogP contribution in [0.3, 0.4) is 0 Å². The number of carbonyl (C=O) groups is 2. The highest BCUT2D eigenvalue weighted by molar-refractivity contribution is 5.92. The zero-order valence-electron chi connectivity index (χ0n) is 13.5. The van der Waals surface area contributed by atoms with Gasteiger partial charge in [-0.15, -0.1) is 0 Å². The molecule has 0 aliphatic rings. The number of ether oxygens (including phenoxy) is 1. The van der Waals surface area contributed by atoms with Crippen LogP contribution in [-0.4, -0.2) is 23.4 Å². The molecule has 0 heterocycles. The van der Waals surface area contributed by atoms with E-state index in [2.05, 4.69) is 5.32 Å². The Morgan fingerprint density at radius 2 is 1.68 bits per heavy atom. The maximum atomic E-state index is 11.8. The average molecular weight is 342 g/mol. The van der Waals surface area contributed by atoms with Gasteiger partial charge in [-0.2, -0.15) is 0 Å². The van der Waals surface area contributed by atoms with Crippen LogP contribution in [0.5, 0.6) is 0 Å². The zero-order chi connectivity index (χ0) is 18.1. The van der Waals surface area contributed by atoms with Crippen LogP contribution in [0, 0.1) is 10.1 Å². The Kier molecular flexibility index (Phi) is 6.65. The number of rotatable bonds is 8. The number of non-ortho nitro benzene ring substituents is 1. The molecule has 0 aromatic heterocycles. The lowest BCUT2D eigenvalue weighted by molar-refractivity contribution is -0.384. The summed E-state index contributed by atoms with van der Waals surface area (Å²) < 4.78 is 5.09. The first-order valence-corrected chi connectivity index (χ1v) is 7.78. The maximum Gasteiger partial charge on any atom is 0.306 e. The molecule has 0 aliphatic carbocycles. The lowest BCUT2D eigenvalue weighted by Gasteiger charge is -2.06. The minimum Gasteiger partial charge on any atom is -0.465 e. The van der Waals surface area contributed by atoms with Gasteiger partial charge in [0.05, 0.1) is 18.0 Å². The Morgan fingerprint density at radius 1 is 1.00 bits per heavy atom. The van der Waals surface area contributed by atoms with Crippen molar-refractivity contribution in [3.8, 4) is 0 Å². The smallest absolute Gasteiger partial charge is 0.306 e. The fourth-order valence-electron chi connectivity index (χ4n) is 2.11. The normalized spacial score (nSPS) is 10.1.